The second-order valence-corrected chi connectivity index (χ2v) is 13.4. The van der Waals surface area contributed by atoms with E-state index in [1.807, 2.05) is 72.8 Å². The summed E-state index contributed by atoms with van der Waals surface area (Å²) in [7, 11) is -4.79. The number of carboxylic acids is 1. The number of hydrogen-bond acceptors (Lipinski definition) is 6. The van der Waals surface area contributed by atoms with Gasteiger partial charge in [0.15, 0.2) is 0 Å². The number of benzene rings is 5. The van der Waals surface area contributed by atoms with Crippen LogP contribution in [0, 0.1) is 0 Å². The molecule has 0 saturated heterocycles. The van der Waals surface area contributed by atoms with Gasteiger partial charge in [-0.3, -0.25) is 24.2 Å². The van der Waals surface area contributed by atoms with Gasteiger partial charge in [-0.2, -0.15) is 0 Å². The standard InChI is InChI=1S/C39H38N3O9P/c43-36(25-29-15-18-30-13-7-8-14-31(30)21-29)40-33(22-26-9-3-1-4-10-26)37(44)41-34(23-27-11-5-2-6-12-27)38(45)42-35(39(46)47)24-28-16-19-32(20-17-28)51-52(48,49)50/h1-21,33-35H,22-25H2,(H,40,43)(H,41,44)(H,42,45)(H,46,47)(H2,48,49,50)/t33-,34?,35-/m1/s1. The van der Waals surface area contributed by atoms with E-state index in [1.54, 1.807) is 30.3 Å². The molecule has 5 aromatic rings. The van der Waals surface area contributed by atoms with Crippen LogP contribution >= 0.6 is 7.82 Å². The monoisotopic (exact) mass is 723 g/mol. The highest BCUT2D eigenvalue weighted by Gasteiger charge is 2.30. The van der Waals surface area contributed by atoms with Crippen molar-refractivity contribution in [3.05, 3.63) is 150 Å². The molecule has 52 heavy (non-hydrogen) atoms. The topological polar surface area (TPSA) is 191 Å². The lowest BCUT2D eigenvalue weighted by Gasteiger charge is -2.25. The third-order valence-corrected chi connectivity index (χ3v) is 8.68. The van der Waals surface area contributed by atoms with Crippen LogP contribution in [0.3, 0.4) is 0 Å². The molecule has 1 unspecified atom stereocenters. The lowest BCUT2D eigenvalue weighted by atomic mass is 10.0. The molecule has 12 nitrogen and oxygen atoms in total. The van der Waals surface area contributed by atoms with Gasteiger partial charge in [-0.15, -0.1) is 0 Å². The van der Waals surface area contributed by atoms with E-state index in [1.165, 1.54) is 24.3 Å². The fourth-order valence-electron chi connectivity index (χ4n) is 5.70. The third-order valence-electron chi connectivity index (χ3n) is 8.23. The van der Waals surface area contributed by atoms with Crippen molar-refractivity contribution in [2.75, 3.05) is 0 Å². The van der Waals surface area contributed by atoms with Crippen molar-refractivity contribution < 1.29 is 43.2 Å². The van der Waals surface area contributed by atoms with Gasteiger partial charge in [0.25, 0.3) is 0 Å². The molecule has 0 saturated carbocycles. The van der Waals surface area contributed by atoms with E-state index in [2.05, 4.69) is 20.5 Å². The number of carbonyl (C=O) groups is 4. The predicted molar refractivity (Wildman–Crippen MR) is 194 cm³/mol. The Morgan fingerprint density at radius 1 is 0.558 bits per heavy atom. The van der Waals surface area contributed by atoms with Gasteiger partial charge in [0.1, 0.15) is 23.9 Å². The van der Waals surface area contributed by atoms with Crippen molar-refractivity contribution in [2.45, 2.75) is 43.8 Å². The van der Waals surface area contributed by atoms with Gasteiger partial charge in [-0.25, -0.2) is 9.36 Å². The Balaban J connectivity index is 1.33. The Labute approximate surface area is 300 Å². The molecule has 0 aromatic heterocycles. The molecule has 6 N–H and O–H groups in total. The summed E-state index contributed by atoms with van der Waals surface area (Å²) < 4.78 is 15.7. The molecule has 0 aliphatic carbocycles. The van der Waals surface area contributed by atoms with Crippen LogP contribution < -0.4 is 20.5 Å². The Morgan fingerprint density at radius 2 is 1.02 bits per heavy atom. The van der Waals surface area contributed by atoms with E-state index in [0.717, 1.165) is 21.9 Å². The van der Waals surface area contributed by atoms with E-state index in [4.69, 9.17) is 9.79 Å². The lowest BCUT2D eigenvalue weighted by molar-refractivity contribution is -0.142. The second-order valence-electron chi connectivity index (χ2n) is 12.2. The molecule has 5 aromatic carbocycles. The first-order valence-corrected chi connectivity index (χ1v) is 18.0. The summed E-state index contributed by atoms with van der Waals surface area (Å²) in [5.41, 5.74) is 2.68. The predicted octanol–water partition coefficient (Wildman–Crippen LogP) is 4.12. The zero-order valence-corrected chi connectivity index (χ0v) is 28.8. The lowest BCUT2D eigenvalue weighted by Crippen LogP contribution is -2.57. The van der Waals surface area contributed by atoms with Gasteiger partial charge in [0.2, 0.25) is 17.7 Å². The molecular weight excluding hydrogens is 685 g/mol. The first-order chi connectivity index (χ1) is 24.9. The summed E-state index contributed by atoms with van der Waals surface area (Å²) in [6, 6.07) is 33.2. The van der Waals surface area contributed by atoms with Crippen LogP contribution in [0.4, 0.5) is 0 Å². The number of rotatable bonds is 16. The van der Waals surface area contributed by atoms with Crippen LogP contribution in [-0.4, -0.2) is 56.7 Å². The van der Waals surface area contributed by atoms with E-state index in [9.17, 15) is 28.8 Å². The van der Waals surface area contributed by atoms with E-state index in [0.29, 0.717) is 11.1 Å². The number of phosphoric ester groups is 1. The SMILES string of the molecule is O=C(Cc1ccc2ccccc2c1)N[C@H](Cc1ccccc1)C(=O)NC(Cc1ccccc1)C(=O)N[C@H](Cc1ccc(OP(=O)(O)O)cc1)C(=O)O. The number of aliphatic carboxylic acids is 1. The highest BCUT2D eigenvalue weighted by molar-refractivity contribution is 7.46. The first kappa shape index (κ1) is 37.4. The average molecular weight is 724 g/mol. The van der Waals surface area contributed by atoms with Crippen LogP contribution in [-0.2, 0) is 49.4 Å². The van der Waals surface area contributed by atoms with Crippen molar-refractivity contribution >= 4 is 42.3 Å². The fourth-order valence-corrected chi connectivity index (χ4v) is 6.10. The minimum absolute atomic E-state index is 0.0179. The summed E-state index contributed by atoms with van der Waals surface area (Å²) in [5.74, 6) is -3.23. The molecule has 5 rings (SSSR count). The maximum absolute atomic E-state index is 14.0. The van der Waals surface area contributed by atoms with Gasteiger partial charge in [0.05, 0.1) is 6.42 Å². The molecule has 3 atom stereocenters. The third kappa shape index (κ3) is 11.4. The second kappa shape index (κ2) is 17.4. The minimum Gasteiger partial charge on any atom is -0.480 e. The number of nitrogens with one attached hydrogen (secondary N) is 3. The molecule has 0 radical (unpaired) electrons. The summed E-state index contributed by atoms with van der Waals surface area (Å²) in [6.45, 7) is 0. The highest BCUT2D eigenvalue weighted by atomic mass is 31.2. The maximum atomic E-state index is 14.0. The number of phosphoric acid groups is 1. The zero-order chi connectivity index (χ0) is 37.1. The summed E-state index contributed by atoms with van der Waals surface area (Å²) in [6.07, 6.45) is 0.00626. The summed E-state index contributed by atoms with van der Waals surface area (Å²) >= 11 is 0. The maximum Gasteiger partial charge on any atom is 0.524 e. The smallest absolute Gasteiger partial charge is 0.480 e. The van der Waals surface area contributed by atoms with Crippen molar-refractivity contribution in [1.29, 1.82) is 0 Å². The molecule has 0 spiro atoms. The van der Waals surface area contributed by atoms with Gasteiger partial charge >= 0.3 is 13.8 Å². The fraction of sp³-hybridized carbons (Fsp3) is 0.179. The molecule has 3 amide bonds. The van der Waals surface area contributed by atoms with E-state index < -0.39 is 49.6 Å². The van der Waals surface area contributed by atoms with Crippen molar-refractivity contribution in [2.24, 2.45) is 0 Å². The molecule has 0 aliphatic heterocycles. The Morgan fingerprint density at radius 3 is 1.58 bits per heavy atom. The van der Waals surface area contributed by atoms with Crippen LogP contribution in [0.15, 0.2) is 127 Å². The van der Waals surface area contributed by atoms with Gasteiger partial charge < -0.3 is 25.6 Å². The largest absolute Gasteiger partial charge is 0.524 e. The van der Waals surface area contributed by atoms with Crippen LogP contribution in [0.2, 0.25) is 0 Å². The van der Waals surface area contributed by atoms with Crippen molar-refractivity contribution in [1.82, 2.24) is 16.0 Å². The van der Waals surface area contributed by atoms with Crippen LogP contribution in [0.1, 0.15) is 22.3 Å². The summed E-state index contributed by atoms with van der Waals surface area (Å²) in [4.78, 5) is 71.4. The first-order valence-electron chi connectivity index (χ1n) is 16.4. The molecule has 0 fully saturated rings. The average Bonchev–Trinajstić information content (AvgIpc) is 3.11. The van der Waals surface area contributed by atoms with Crippen LogP contribution in [0.5, 0.6) is 5.75 Å². The highest BCUT2D eigenvalue weighted by Crippen LogP contribution is 2.37. The van der Waals surface area contributed by atoms with Gasteiger partial charge in [-0.1, -0.05) is 115 Å². The summed E-state index contributed by atoms with van der Waals surface area (Å²) in [5, 5.41) is 20.1. The Kier molecular flexibility index (Phi) is 12.5. The molecule has 268 valence electrons. The number of amides is 3. The zero-order valence-electron chi connectivity index (χ0n) is 27.9. The molecular formula is C39H38N3O9P. The van der Waals surface area contributed by atoms with Crippen LogP contribution in [0.25, 0.3) is 10.8 Å². The van der Waals surface area contributed by atoms with Crippen molar-refractivity contribution in [3.63, 3.8) is 0 Å². The van der Waals surface area contributed by atoms with E-state index >= 15 is 0 Å². The minimum atomic E-state index is -4.79. The number of fused-ring (bicyclic) bond motifs is 1. The van der Waals surface area contributed by atoms with E-state index in [-0.39, 0.29) is 31.4 Å². The van der Waals surface area contributed by atoms with Gasteiger partial charge in [-0.05, 0) is 45.2 Å². The van der Waals surface area contributed by atoms with Crippen molar-refractivity contribution in [3.8, 4) is 5.75 Å². The molecule has 0 heterocycles. The quantitative estimate of drug-likeness (QED) is 0.0814. The molecule has 13 heteroatoms. The normalized spacial score (nSPS) is 13.0. The molecule has 0 aliphatic rings. The number of carbonyl (C=O) groups excluding carboxylic acids is 3. The Hall–Kier alpha value is -5.81. The number of hydrogen-bond donors (Lipinski definition) is 6. The number of carboxylic acid groups (broad SMARTS) is 1. The van der Waals surface area contributed by atoms with Gasteiger partial charge in [0, 0.05) is 19.3 Å². The Bertz CT molecular complexity index is 2050. The molecule has 0 bridgehead atoms.